The minimum Gasteiger partial charge on any atom is -0.399 e. The molecule has 0 atom stereocenters. The zero-order valence-corrected chi connectivity index (χ0v) is 15.6. The molecule has 0 bridgehead atoms. The number of aromatic nitrogens is 1. The third kappa shape index (κ3) is 3.62. The Morgan fingerprint density at radius 1 is 1.08 bits per heavy atom. The second-order valence-corrected chi connectivity index (χ2v) is 7.31. The highest BCUT2D eigenvalue weighted by Crippen LogP contribution is 2.37. The Morgan fingerprint density at radius 3 is 2.46 bits per heavy atom. The highest BCUT2D eigenvalue weighted by molar-refractivity contribution is 7.72. The summed E-state index contributed by atoms with van der Waals surface area (Å²) in [5.74, 6) is 0.205. The Labute approximate surface area is 154 Å². The predicted octanol–water partition coefficient (Wildman–Crippen LogP) is 2.91. The van der Waals surface area contributed by atoms with Gasteiger partial charge < -0.3 is 21.4 Å². The second-order valence-electron chi connectivity index (χ2n) is 6.20. The van der Waals surface area contributed by atoms with E-state index in [1.165, 1.54) is 0 Å². The van der Waals surface area contributed by atoms with Crippen LogP contribution in [0.2, 0.25) is 0 Å². The average Bonchev–Trinajstić information content (AvgIpc) is 2.90. The van der Waals surface area contributed by atoms with Crippen LogP contribution in [0.5, 0.6) is 0 Å². The fraction of sp³-hybridized carbons (Fsp3) is 0.263. The molecule has 3 aromatic rings. The van der Waals surface area contributed by atoms with Crippen LogP contribution in [-0.2, 0) is 17.2 Å². The first-order chi connectivity index (χ1) is 12.5. The first-order valence-corrected chi connectivity index (χ1v) is 10.0. The Hall–Kier alpha value is -2.67. The van der Waals surface area contributed by atoms with Gasteiger partial charge in [-0.25, -0.2) is 8.42 Å². The van der Waals surface area contributed by atoms with Gasteiger partial charge in [0, 0.05) is 41.2 Å². The normalized spacial score (nSPS) is 11.3. The van der Waals surface area contributed by atoms with Crippen molar-refractivity contribution in [3.8, 4) is 11.3 Å². The molecule has 0 saturated carbocycles. The summed E-state index contributed by atoms with van der Waals surface area (Å²) in [6.45, 7) is 3.50. The van der Waals surface area contributed by atoms with Crippen molar-refractivity contribution < 1.29 is 8.42 Å². The number of fused-ring (bicyclic) bond motifs is 1. The number of nitrogens with one attached hydrogen (secondary N) is 1. The van der Waals surface area contributed by atoms with Gasteiger partial charge in [0.1, 0.15) is 10.7 Å². The fourth-order valence-electron chi connectivity index (χ4n) is 3.22. The molecule has 138 valence electrons. The highest BCUT2D eigenvalue weighted by Gasteiger charge is 2.15. The number of benzene rings is 2. The van der Waals surface area contributed by atoms with E-state index in [2.05, 4.69) is 16.8 Å². The van der Waals surface area contributed by atoms with Gasteiger partial charge in [-0.3, -0.25) is 0 Å². The Kier molecular flexibility index (Phi) is 5.37. The SMILES string of the molecule is CCn1c(-c2ccc(NCCC[SH](=O)=O)cc2)c(N)c2ccc(N)cc21. The highest BCUT2D eigenvalue weighted by atomic mass is 32.2. The summed E-state index contributed by atoms with van der Waals surface area (Å²) in [6.07, 6.45) is 0.596. The maximum Gasteiger partial charge on any atom is 0.140 e. The molecule has 0 aliphatic rings. The van der Waals surface area contributed by atoms with Crippen LogP contribution in [0.1, 0.15) is 13.3 Å². The predicted molar refractivity (Wildman–Crippen MR) is 110 cm³/mol. The molecule has 5 N–H and O–H groups in total. The molecule has 1 heterocycles. The molecule has 7 heteroatoms. The molecule has 0 unspecified atom stereocenters. The first kappa shape index (κ1) is 18.1. The van der Waals surface area contributed by atoms with Crippen molar-refractivity contribution in [3.05, 3.63) is 42.5 Å². The average molecular weight is 372 g/mol. The Morgan fingerprint density at radius 2 is 1.81 bits per heavy atom. The van der Waals surface area contributed by atoms with Crippen molar-refractivity contribution in [3.63, 3.8) is 0 Å². The molecule has 0 amide bonds. The third-order valence-electron chi connectivity index (χ3n) is 4.45. The molecule has 0 radical (unpaired) electrons. The monoisotopic (exact) mass is 372 g/mol. The number of thiol groups is 1. The number of aryl methyl sites for hydroxylation is 1. The van der Waals surface area contributed by atoms with E-state index in [1.807, 2.05) is 42.5 Å². The van der Waals surface area contributed by atoms with Crippen molar-refractivity contribution in [1.29, 1.82) is 0 Å². The van der Waals surface area contributed by atoms with Gasteiger partial charge in [-0.2, -0.15) is 0 Å². The number of nitrogens with zero attached hydrogens (tertiary/aromatic N) is 1. The number of nitrogen functional groups attached to an aromatic ring is 2. The number of hydrogen-bond donors (Lipinski definition) is 4. The van der Waals surface area contributed by atoms with Crippen LogP contribution in [0.4, 0.5) is 17.1 Å². The molecule has 0 aliphatic carbocycles. The number of rotatable bonds is 7. The minimum absolute atomic E-state index is 0.205. The van der Waals surface area contributed by atoms with Gasteiger partial charge in [0.05, 0.1) is 16.9 Å². The first-order valence-electron chi connectivity index (χ1n) is 8.64. The van der Waals surface area contributed by atoms with Crippen LogP contribution >= 0.6 is 0 Å². The molecule has 0 saturated heterocycles. The maximum absolute atomic E-state index is 10.6. The second kappa shape index (κ2) is 7.70. The van der Waals surface area contributed by atoms with Gasteiger partial charge in [-0.1, -0.05) is 12.1 Å². The summed E-state index contributed by atoms with van der Waals surface area (Å²) in [7, 11) is -2.30. The third-order valence-corrected chi connectivity index (χ3v) is 5.13. The van der Waals surface area contributed by atoms with Crippen molar-refractivity contribution in [2.24, 2.45) is 0 Å². The van der Waals surface area contributed by atoms with Crippen LogP contribution in [0.3, 0.4) is 0 Å². The van der Waals surface area contributed by atoms with E-state index in [0.717, 1.165) is 45.8 Å². The molecule has 26 heavy (non-hydrogen) atoms. The molecule has 2 aromatic carbocycles. The smallest absolute Gasteiger partial charge is 0.140 e. The summed E-state index contributed by atoms with van der Waals surface area (Å²) in [5.41, 5.74) is 17.9. The standard InChI is InChI=1S/C19H24N4O2S/c1-2-23-17-12-14(20)6-9-16(17)18(21)19(23)13-4-7-15(8-5-13)22-10-3-11-26(24)25/h4-9,12,22,26H,2-3,10-11,20-21H2,1H3. The zero-order chi connectivity index (χ0) is 18.7. The van der Waals surface area contributed by atoms with Crippen LogP contribution in [-0.4, -0.2) is 25.3 Å². The molecule has 0 fully saturated rings. The molecule has 1 aromatic heterocycles. The lowest BCUT2D eigenvalue weighted by Crippen LogP contribution is -2.04. The van der Waals surface area contributed by atoms with Crippen molar-refractivity contribution >= 4 is 38.7 Å². The minimum atomic E-state index is -2.30. The Balaban J connectivity index is 1.88. The van der Waals surface area contributed by atoms with Crippen LogP contribution in [0.15, 0.2) is 42.5 Å². The lowest BCUT2D eigenvalue weighted by atomic mass is 10.1. The summed E-state index contributed by atoms with van der Waals surface area (Å²) >= 11 is 0. The Bertz CT molecular complexity index is 983. The van der Waals surface area contributed by atoms with Crippen molar-refractivity contribution in [1.82, 2.24) is 4.57 Å². The van der Waals surface area contributed by atoms with Gasteiger partial charge in [0.15, 0.2) is 0 Å². The van der Waals surface area contributed by atoms with Crippen molar-refractivity contribution in [2.75, 3.05) is 29.1 Å². The molecule has 0 aliphatic heterocycles. The van der Waals surface area contributed by atoms with Crippen molar-refractivity contribution in [2.45, 2.75) is 19.9 Å². The molecular weight excluding hydrogens is 348 g/mol. The summed E-state index contributed by atoms with van der Waals surface area (Å²) in [5, 5.41) is 4.24. The largest absolute Gasteiger partial charge is 0.399 e. The van der Waals surface area contributed by atoms with Crippen LogP contribution in [0, 0.1) is 0 Å². The summed E-state index contributed by atoms with van der Waals surface area (Å²) in [4.78, 5) is 0. The number of nitrogens with two attached hydrogens (primary N) is 2. The molecule has 3 rings (SSSR count). The zero-order valence-electron chi connectivity index (χ0n) is 14.7. The van der Waals surface area contributed by atoms with Crippen LogP contribution in [0.25, 0.3) is 22.2 Å². The maximum atomic E-state index is 10.6. The lowest BCUT2D eigenvalue weighted by Gasteiger charge is -2.11. The molecular formula is C19H24N4O2S. The van der Waals surface area contributed by atoms with Gasteiger partial charge >= 0.3 is 0 Å². The van der Waals surface area contributed by atoms with Gasteiger partial charge in [-0.15, -0.1) is 0 Å². The van der Waals surface area contributed by atoms with Gasteiger partial charge in [0.25, 0.3) is 0 Å². The van der Waals surface area contributed by atoms with Gasteiger partial charge in [-0.05, 0) is 43.7 Å². The molecule has 6 nitrogen and oxygen atoms in total. The van der Waals surface area contributed by atoms with E-state index in [9.17, 15) is 8.42 Å². The summed E-state index contributed by atoms with van der Waals surface area (Å²) < 4.78 is 23.3. The topological polar surface area (TPSA) is 103 Å². The lowest BCUT2D eigenvalue weighted by molar-refractivity contribution is 0.612. The molecule has 0 spiro atoms. The van der Waals surface area contributed by atoms with E-state index in [0.29, 0.717) is 13.0 Å². The quantitative estimate of drug-likeness (QED) is 0.290. The van der Waals surface area contributed by atoms with E-state index in [-0.39, 0.29) is 5.75 Å². The fourth-order valence-corrected chi connectivity index (χ4v) is 3.64. The van der Waals surface area contributed by atoms with E-state index < -0.39 is 10.7 Å². The summed E-state index contributed by atoms with van der Waals surface area (Å²) in [6, 6.07) is 13.8. The van der Waals surface area contributed by atoms with Gasteiger partial charge in [0.2, 0.25) is 0 Å². The van der Waals surface area contributed by atoms with E-state index in [1.54, 1.807) is 0 Å². The number of anilines is 3. The van der Waals surface area contributed by atoms with E-state index >= 15 is 0 Å². The van der Waals surface area contributed by atoms with E-state index in [4.69, 9.17) is 11.5 Å². The van der Waals surface area contributed by atoms with Crippen LogP contribution < -0.4 is 16.8 Å². The number of hydrogen-bond acceptors (Lipinski definition) is 5.